The van der Waals surface area contributed by atoms with Crippen LogP contribution < -0.4 is 11.1 Å². The summed E-state index contributed by atoms with van der Waals surface area (Å²) in [5.74, 6) is -0.0379. The lowest BCUT2D eigenvalue weighted by molar-refractivity contribution is -0.147. The molecule has 0 aromatic heterocycles. The van der Waals surface area contributed by atoms with Crippen LogP contribution in [0.5, 0.6) is 0 Å². The Bertz CT molecular complexity index is 351. The third-order valence-corrected chi connectivity index (χ3v) is 2.97. The second kappa shape index (κ2) is 9.66. The van der Waals surface area contributed by atoms with E-state index in [-0.39, 0.29) is 12.6 Å². The molecule has 0 aliphatic rings. The smallest absolute Gasteiger partial charge is 0.408 e. The standard InChI is InChI=1S/C16H32N2O4/c1-7-12(17)10-21-14(19)13(9-8-11(2)3)18-15(20)22-16(4,5)6/h11-13H,7-10,17H2,1-6H3,(H,18,20)/t12-,13?/m0/s1. The van der Waals surface area contributed by atoms with Crippen molar-refractivity contribution in [1.82, 2.24) is 5.32 Å². The van der Waals surface area contributed by atoms with E-state index in [1.807, 2.05) is 6.92 Å². The van der Waals surface area contributed by atoms with E-state index in [2.05, 4.69) is 19.2 Å². The second-order valence-corrected chi connectivity index (χ2v) is 6.97. The summed E-state index contributed by atoms with van der Waals surface area (Å²) >= 11 is 0. The molecule has 6 heteroatoms. The van der Waals surface area contributed by atoms with Crippen molar-refractivity contribution in [3.05, 3.63) is 0 Å². The van der Waals surface area contributed by atoms with E-state index in [1.165, 1.54) is 0 Å². The summed E-state index contributed by atoms with van der Waals surface area (Å²) in [6.45, 7) is 11.5. The zero-order valence-corrected chi connectivity index (χ0v) is 14.8. The topological polar surface area (TPSA) is 90.6 Å². The van der Waals surface area contributed by atoms with E-state index in [0.29, 0.717) is 12.3 Å². The Labute approximate surface area is 134 Å². The molecular formula is C16H32N2O4. The van der Waals surface area contributed by atoms with Gasteiger partial charge in [-0.15, -0.1) is 0 Å². The largest absolute Gasteiger partial charge is 0.463 e. The molecule has 130 valence electrons. The van der Waals surface area contributed by atoms with Crippen LogP contribution in [0.25, 0.3) is 0 Å². The molecule has 0 aliphatic carbocycles. The highest BCUT2D eigenvalue weighted by molar-refractivity contribution is 5.81. The molecule has 6 nitrogen and oxygen atoms in total. The normalized spacial score (nSPS) is 14.4. The fourth-order valence-corrected chi connectivity index (χ4v) is 1.61. The average Bonchev–Trinajstić information content (AvgIpc) is 2.37. The molecule has 1 unspecified atom stereocenters. The van der Waals surface area contributed by atoms with Crippen LogP contribution in [-0.4, -0.2) is 36.4 Å². The number of nitrogens with one attached hydrogen (secondary N) is 1. The predicted molar refractivity (Wildman–Crippen MR) is 86.5 cm³/mol. The molecule has 0 aromatic carbocycles. The van der Waals surface area contributed by atoms with Crippen molar-refractivity contribution in [2.45, 2.75) is 78.5 Å². The van der Waals surface area contributed by atoms with E-state index in [1.54, 1.807) is 20.8 Å². The molecule has 0 bridgehead atoms. The number of alkyl carbamates (subject to hydrolysis) is 1. The molecule has 0 aliphatic heterocycles. The third kappa shape index (κ3) is 10.4. The van der Waals surface area contributed by atoms with Gasteiger partial charge in [-0.3, -0.25) is 0 Å². The predicted octanol–water partition coefficient (Wildman–Crippen LogP) is 2.60. The van der Waals surface area contributed by atoms with E-state index < -0.39 is 23.7 Å². The fourth-order valence-electron chi connectivity index (χ4n) is 1.61. The molecule has 0 saturated carbocycles. The van der Waals surface area contributed by atoms with E-state index in [4.69, 9.17) is 15.2 Å². The highest BCUT2D eigenvalue weighted by Crippen LogP contribution is 2.11. The van der Waals surface area contributed by atoms with E-state index >= 15 is 0 Å². The molecule has 3 N–H and O–H groups in total. The second-order valence-electron chi connectivity index (χ2n) is 6.97. The van der Waals surface area contributed by atoms with Crippen molar-refractivity contribution in [3.8, 4) is 0 Å². The maximum Gasteiger partial charge on any atom is 0.408 e. The van der Waals surface area contributed by atoms with Crippen molar-refractivity contribution < 1.29 is 19.1 Å². The first-order valence-electron chi connectivity index (χ1n) is 7.96. The maximum atomic E-state index is 12.1. The summed E-state index contributed by atoms with van der Waals surface area (Å²) in [5, 5.41) is 2.59. The third-order valence-electron chi connectivity index (χ3n) is 2.97. The molecule has 0 heterocycles. The molecule has 0 rings (SSSR count). The lowest BCUT2D eigenvalue weighted by Crippen LogP contribution is -2.45. The Morgan fingerprint density at radius 1 is 1.18 bits per heavy atom. The van der Waals surface area contributed by atoms with E-state index in [9.17, 15) is 9.59 Å². The van der Waals surface area contributed by atoms with Crippen molar-refractivity contribution in [2.75, 3.05) is 6.61 Å². The van der Waals surface area contributed by atoms with Crippen LogP contribution in [0.3, 0.4) is 0 Å². The van der Waals surface area contributed by atoms with Crippen LogP contribution in [0.4, 0.5) is 4.79 Å². The van der Waals surface area contributed by atoms with Gasteiger partial charge in [-0.2, -0.15) is 0 Å². The Morgan fingerprint density at radius 3 is 2.23 bits per heavy atom. The lowest BCUT2D eigenvalue weighted by atomic mass is 10.0. The summed E-state index contributed by atoms with van der Waals surface area (Å²) in [6.07, 6.45) is 1.42. The van der Waals surface area contributed by atoms with Crippen LogP contribution in [0.2, 0.25) is 0 Å². The van der Waals surface area contributed by atoms with Gasteiger partial charge >= 0.3 is 12.1 Å². The maximum absolute atomic E-state index is 12.1. The van der Waals surface area contributed by atoms with Gasteiger partial charge in [0.1, 0.15) is 18.2 Å². The molecular weight excluding hydrogens is 284 g/mol. The number of nitrogens with two attached hydrogens (primary N) is 1. The molecule has 0 aromatic rings. The van der Waals surface area contributed by atoms with Crippen LogP contribution in [-0.2, 0) is 14.3 Å². The molecule has 0 radical (unpaired) electrons. The minimum Gasteiger partial charge on any atom is -0.463 e. The summed E-state index contributed by atoms with van der Waals surface area (Å²) in [7, 11) is 0. The van der Waals surface area contributed by atoms with Crippen molar-refractivity contribution in [3.63, 3.8) is 0 Å². The summed E-state index contributed by atoms with van der Waals surface area (Å²) < 4.78 is 10.4. The first kappa shape index (κ1) is 20.7. The van der Waals surface area contributed by atoms with Gasteiger partial charge in [-0.05, 0) is 46.0 Å². The fraction of sp³-hybridized carbons (Fsp3) is 0.875. The van der Waals surface area contributed by atoms with E-state index in [0.717, 1.165) is 12.8 Å². The number of hydrogen-bond donors (Lipinski definition) is 2. The minimum atomic E-state index is -0.707. The Kier molecular flexibility index (Phi) is 9.09. The van der Waals surface area contributed by atoms with Gasteiger partial charge in [-0.25, -0.2) is 9.59 Å². The van der Waals surface area contributed by atoms with Gasteiger partial charge < -0.3 is 20.5 Å². The van der Waals surface area contributed by atoms with Crippen LogP contribution >= 0.6 is 0 Å². The Hall–Kier alpha value is -1.30. The molecule has 1 amide bonds. The van der Waals surface area contributed by atoms with Crippen molar-refractivity contribution in [2.24, 2.45) is 11.7 Å². The summed E-state index contributed by atoms with van der Waals surface area (Å²) in [6, 6.07) is -0.891. The SMILES string of the molecule is CC[C@H](N)COC(=O)C(CCC(C)C)NC(=O)OC(C)(C)C. The average molecular weight is 316 g/mol. The molecule has 0 saturated heterocycles. The summed E-state index contributed by atoms with van der Waals surface area (Å²) in [5.41, 5.74) is 5.13. The first-order valence-corrected chi connectivity index (χ1v) is 7.96. The highest BCUT2D eigenvalue weighted by Gasteiger charge is 2.25. The quantitative estimate of drug-likeness (QED) is 0.672. The van der Waals surface area contributed by atoms with Gasteiger partial charge in [0.2, 0.25) is 0 Å². The van der Waals surface area contributed by atoms with Crippen LogP contribution in [0, 0.1) is 5.92 Å². The van der Waals surface area contributed by atoms with Gasteiger partial charge in [0.25, 0.3) is 0 Å². The lowest BCUT2D eigenvalue weighted by Gasteiger charge is -2.23. The number of amides is 1. The van der Waals surface area contributed by atoms with Gasteiger partial charge in [-0.1, -0.05) is 20.8 Å². The molecule has 0 spiro atoms. The zero-order valence-electron chi connectivity index (χ0n) is 14.8. The number of carbonyl (C=O) groups is 2. The Balaban J connectivity index is 4.60. The number of rotatable bonds is 8. The number of esters is 1. The Morgan fingerprint density at radius 2 is 1.77 bits per heavy atom. The first-order chi connectivity index (χ1) is 10.0. The number of carbonyl (C=O) groups excluding carboxylic acids is 2. The van der Waals surface area contributed by atoms with Crippen LogP contribution in [0.1, 0.15) is 60.8 Å². The molecule has 0 fully saturated rings. The van der Waals surface area contributed by atoms with Gasteiger partial charge in [0.15, 0.2) is 0 Å². The zero-order chi connectivity index (χ0) is 17.3. The molecule has 2 atom stereocenters. The minimum absolute atomic E-state index is 0.156. The number of hydrogen-bond acceptors (Lipinski definition) is 5. The van der Waals surface area contributed by atoms with Crippen molar-refractivity contribution in [1.29, 1.82) is 0 Å². The van der Waals surface area contributed by atoms with Crippen molar-refractivity contribution >= 4 is 12.1 Å². The monoisotopic (exact) mass is 316 g/mol. The summed E-state index contributed by atoms with van der Waals surface area (Å²) in [4.78, 5) is 24.0. The van der Waals surface area contributed by atoms with Crippen LogP contribution in [0.15, 0.2) is 0 Å². The van der Waals surface area contributed by atoms with Gasteiger partial charge in [0, 0.05) is 6.04 Å². The number of ether oxygens (including phenoxy) is 2. The highest BCUT2D eigenvalue weighted by atomic mass is 16.6. The molecule has 22 heavy (non-hydrogen) atoms. The van der Waals surface area contributed by atoms with Gasteiger partial charge in [0.05, 0.1) is 0 Å².